The molecule has 24 aromatic rings. The van der Waals surface area contributed by atoms with Crippen molar-refractivity contribution in [2.24, 2.45) is 0 Å². The Morgan fingerprint density at radius 2 is 0.381 bits per heavy atom. The van der Waals surface area contributed by atoms with Crippen molar-refractivity contribution in [1.29, 1.82) is 0 Å². The van der Waals surface area contributed by atoms with Crippen LogP contribution in [0.5, 0.6) is 0 Å². The monoisotopic (exact) mass is 1510 g/mol. The van der Waals surface area contributed by atoms with E-state index < -0.39 is 0 Å². The maximum Gasteiger partial charge on any atom is 0.0728 e. The molecule has 0 unspecified atom stereocenters. The molecule has 0 N–H and O–H groups in total. The summed E-state index contributed by atoms with van der Waals surface area (Å²) in [7, 11) is 0. The Morgan fingerprint density at radius 1 is 0.162 bits per heavy atom. The van der Waals surface area contributed by atoms with Crippen molar-refractivity contribution in [3.8, 4) is 17.1 Å². The Balaban J connectivity index is 0.0000000986. The molecular formula is C93H63N3S9. The van der Waals surface area contributed by atoms with Gasteiger partial charge >= 0.3 is 0 Å². The van der Waals surface area contributed by atoms with Crippen LogP contribution in [0.25, 0.3) is 199 Å². The smallest absolute Gasteiger partial charge is 0.0728 e. The van der Waals surface area contributed by atoms with Gasteiger partial charge < -0.3 is 13.7 Å². The van der Waals surface area contributed by atoms with Crippen LogP contribution in [-0.2, 0) is 0 Å². The van der Waals surface area contributed by atoms with E-state index in [0.29, 0.717) is 0 Å². The van der Waals surface area contributed by atoms with Gasteiger partial charge in [0, 0.05) is 124 Å². The first-order valence-electron chi connectivity index (χ1n) is 35.5. The molecule has 0 aliphatic carbocycles. The second-order valence-electron chi connectivity index (χ2n) is 29.0. The molecule has 0 saturated carbocycles. The first-order chi connectivity index (χ1) is 51.1. The third-order valence-corrected chi connectivity index (χ3v) is 32.6. The lowest BCUT2D eigenvalue weighted by Crippen LogP contribution is -1.94. The summed E-state index contributed by atoms with van der Waals surface area (Å²) in [5, 5.41) is 16.5. The quantitative estimate of drug-likeness (QED) is 0.167. The second kappa shape index (κ2) is 23.2. The topological polar surface area (TPSA) is 14.8 Å². The lowest BCUT2D eigenvalue weighted by Gasteiger charge is -2.09. The Hall–Kier alpha value is -9.54. The lowest BCUT2D eigenvalue weighted by molar-refractivity contribution is 1.18. The van der Waals surface area contributed by atoms with Crippen molar-refractivity contribution in [2.45, 2.75) is 62.3 Å². The SMILES string of the molecule is Cc1ccc(-n2c3cc(C)ccc3c3sc4cc5c(cc4c32)sc2c3ccc(C)cc3sc52)cc1.Cc1ccc(-n2c3cc(C)ccc3c3sc4cc5c(cc4c32)sc2c3ccc(C)cc3sc52)cc1.Cc1ccc(-n2c3cc4c(cc3c3sc5cc(C)ccc5c32)sc2c3ccc(C)cc3sc42)cc1. The molecule has 0 radical (unpaired) electrons. The summed E-state index contributed by atoms with van der Waals surface area (Å²) < 4.78 is 32.7. The van der Waals surface area contributed by atoms with Crippen LogP contribution in [-0.4, -0.2) is 13.7 Å². The number of nitrogens with zero attached hydrogens (tertiary/aromatic N) is 3. The van der Waals surface area contributed by atoms with Gasteiger partial charge in [0.2, 0.25) is 0 Å². The van der Waals surface area contributed by atoms with Crippen LogP contribution in [0.1, 0.15) is 50.1 Å². The van der Waals surface area contributed by atoms with Gasteiger partial charge in [-0.2, -0.15) is 0 Å². The normalized spacial score (nSPS) is 12.4. The summed E-state index contributed by atoms with van der Waals surface area (Å²) in [4.78, 5) is 0. The summed E-state index contributed by atoms with van der Waals surface area (Å²) in [6, 6.07) is 82.9. The molecule has 0 bridgehead atoms. The molecule has 504 valence electrons. The van der Waals surface area contributed by atoms with Gasteiger partial charge in [0.15, 0.2) is 0 Å². The van der Waals surface area contributed by atoms with Crippen LogP contribution in [0.15, 0.2) is 218 Å². The van der Waals surface area contributed by atoms with Gasteiger partial charge in [-0.1, -0.05) is 126 Å². The molecule has 12 heterocycles. The third-order valence-electron chi connectivity index (χ3n) is 21.5. The van der Waals surface area contributed by atoms with Crippen molar-refractivity contribution < 1.29 is 0 Å². The van der Waals surface area contributed by atoms with Crippen LogP contribution in [0.3, 0.4) is 0 Å². The van der Waals surface area contributed by atoms with E-state index >= 15 is 0 Å². The van der Waals surface area contributed by atoms with Gasteiger partial charge in [-0.3, -0.25) is 0 Å². The predicted octanol–water partition coefficient (Wildman–Crippen LogP) is 31.5. The van der Waals surface area contributed by atoms with E-state index in [2.05, 4.69) is 294 Å². The first-order valence-corrected chi connectivity index (χ1v) is 42.9. The minimum absolute atomic E-state index is 1.23. The predicted molar refractivity (Wildman–Crippen MR) is 476 cm³/mol. The molecule has 105 heavy (non-hydrogen) atoms. The fourth-order valence-electron chi connectivity index (χ4n) is 16.3. The van der Waals surface area contributed by atoms with Gasteiger partial charge in [-0.15, -0.1) is 102 Å². The maximum absolute atomic E-state index is 2.50. The largest absolute Gasteiger partial charge is 0.308 e. The summed E-state index contributed by atoms with van der Waals surface area (Å²) in [5.74, 6) is 0. The molecule has 12 aromatic carbocycles. The zero-order chi connectivity index (χ0) is 70.3. The van der Waals surface area contributed by atoms with Crippen LogP contribution in [0, 0.1) is 62.3 Å². The zero-order valence-corrected chi connectivity index (χ0v) is 66.1. The van der Waals surface area contributed by atoms with Crippen molar-refractivity contribution in [2.75, 3.05) is 0 Å². The maximum atomic E-state index is 2.50. The lowest BCUT2D eigenvalue weighted by atomic mass is 10.1. The van der Waals surface area contributed by atoms with E-state index in [-0.39, 0.29) is 0 Å². The highest BCUT2D eigenvalue weighted by atomic mass is 32.1. The molecule has 24 rings (SSSR count). The molecular weight excluding hydrogens is 1450 g/mol. The fourth-order valence-corrected chi connectivity index (χ4v) is 28.4. The van der Waals surface area contributed by atoms with Gasteiger partial charge in [-0.05, 0) is 205 Å². The molecule has 0 spiro atoms. The molecule has 0 aliphatic heterocycles. The summed E-state index contributed by atoms with van der Waals surface area (Å²) in [6.45, 7) is 19.6. The fraction of sp³-hybridized carbons (Fsp3) is 0.0968. The summed E-state index contributed by atoms with van der Waals surface area (Å²) >= 11 is 17.5. The van der Waals surface area contributed by atoms with Crippen molar-refractivity contribution in [3.63, 3.8) is 0 Å². The minimum atomic E-state index is 1.23. The number of aromatic nitrogens is 3. The number of rotatable bonds is 3. The zero-order valence-electron chi connectivity index (χ0n) is 58.8. The number of hydrogen-bond acceptors (Lipinski definition) is 9. The Bertz CT molecular complexity index is 7530. The van der Waals surface area contributed by atoms with E-state index in [1.165, 1.54) is 249 Å². The Morgan fingerprint density at radius 3 is 0.743 bits per heavy atom. The average Bonchev–Trinajstić information content (AvgIpc) is 1.55. The number of thiophene rings is 9. The molecule has 12 aromatic heterocycles. The highest BCUT2D eigenvalue weighted by molar-refractivity contribution is 7.38. The second-order valence-corrected chi connectivity index (χ2v) is 38.5. The van der Waals surface area contributed by atoms with Gasteiger partial charge in [0.25, 0.3) is 0 Å². The molecule has 0 aliphatic rings. The van der Waals surface area contributed by atoms with E-state index in [1.54, 1.807) is 0 Å². The molecule has 3 nitrogen and oxygen atoms in total. The highest BCUT2D eigenvalue weighted by Gasteiger charge is 2.26. The first kappa shape index (κ1) is 62.8. The number of aryl methyl sites for hydroxylation is 9. The van der Waals surface area contributed by atoms with Crippen molar-refractivity contribution >= 4 is 284 Å². The van der Waals surface area contributed by atoms with Crippen LogP contribution in [0.4, 0.5) is 0 Å². The highest BCUT2D eigenvalue weighted by Crippen LogP contribution is 2.54. The number of hydrogen-bond donors (Lipinski definition) is 0. The Kier molecular flexibility index (Phi) is 13.9. The van der Waals surface area contributed by atoms with E-state index in [9.17, 15) is 0 Å². The van der Waals surface area contributed by atoms with E-state index in [4.69, 9.17) is 0 Å². The van der Waals surface area contributed by atoms with Gasteiger partial charge in [0.1, 0.15) is 0 Å². The Labute approximate surface area is 639 Å². The van der Waals surface area contributed by atoms with Crippen LogP contribution in [0.2, 0.25) is 0 Å². The average molecular weight is 1510 g/mol. The van der Waals surface area contributed by atoms with Gasteiger partial charge in [-0.25, -0.2) is 0 Å². The molecule has 12 heteroatoms. The van der Waals surface area contributed by atoms with Crippen molar-refractivity contribution in [1.82, 2.24) is 13.7 Å². The molecule has 0 fully saturated rings. The minimum Gasteiger partial charge on any atom is -0.308 e. The van der Waals surface area contributed by atoms with Crippen molar-refractivity contribution in [3.05, 3.63) is 268 Å². The number of fused-ring (bicyclic) bond motifs is 30. The molecule has 0 amide bonds. The molecule has 0 saturated heterocycles. The summed E-state index contributed by atoms with van der Waals surface area (Å²) in [5.41, 5.74) is 23.4. The number of benzene rings is 12. The van der Waals surface area contributed by atoms with Gasteiger partial charge in [0.05, 0.1) is 75.4 Å². The molecule has 0 atom stereocenters. The summed E-state index contributed by atoms with van der Waals surface area (Å²) in [6.07, 6.45) is 0. The van der Waals surface area contributed by atoms with E-state index in [1.807, 2.05) is 102 Å². The van der Waals surface area contributed by atoms with Crippen LogP contribution < -0.4 is 0 Å². The standard InChI is InChI=1S/3C31H21NS3/c1-16-4-8-19(9-5-16)32-24-14-23-27(35-30-21-11-7-18(3)13-26(21)34-31(23)30)15-22(24)29-28(32)20-10-6-17(2)12-25(20)33-29;2*1-16-4-8-19(9-5-16)32-24-12-17(2)6-10-20(24)29-28(32)22-14-27-23(15-26(22)33-29)31-30(35-27)21-11-7-18(3)13-25(21)34-31/h3*4-15H,1-3H3. The van der Waals surface area contributed by atoms with Crippen LogP contribution >= 0.6 is 102 Å². The third kappa shape index (κ3) is 9.57. The van der Waals surface area contributed by atoms with E-state index in [0.717, 1.165) is 0 Å².